The zero-order chi connectivity index (χ0) is 22.3. The summed E-state index contributed by atoms with van der Waals surface area (Å²) >= 11 is 9.27. The van der Waals surface area contributed by atoms with E-state index in [0.717, 1.165) is 0 Å². The molecule has 0 aliphatic rings. The highest BCUT2D eigenvalue weighted by molar-refractivity contribution is 9.10. The van der Waals surface area contributed by atoms with Crippen molar-refractivity contribution in [3.05, 3.63) is 63.3 Å². The van der Waals surface area contributed by atoms with Crippen LogP contribution in [0.3, 0.4) is 0 Å². The first-order valence-corrected chi connectivity index (χ1v) is 10.7. The van der Waals surface area contributed by atoms with Crippen LogP contribution in [0.2, 0.25) is 5.02 Å². The molecule has 0 saturated heterocycles. The lowest BCUT2D eigenvalue weighted by Gasteiger charge is -2.29. The summed E-state index contributed by atoms with van der Waals surface area (Å²) in [6.45, 7) is 6.05. The molecule has 0 radical (unpaired) electrons. The molecule has 0 spiro atoms. The van der Waals surface area contributed by atoms with Crippen LogP contribution in [0.15, 0.2) is 46.9 Å². The fraction of sp³-hybridized carbons (Fsp3) is 0.364. The van der Waals surface area contributed by atoms with Crippen molar-refractivity contribution in [1.29, 1.82) is 0 Å². The maximum absolute atomic E-state index is 13.2. The number of ether oxygens (including phenoxy) is 1. The van der Waals surface area contributed by atoms with Gasteiger partial charge in [0.05, 0.1) is 4.47 Å². The second kappa shape index (κ2) is 11.3. The Labute approximate surface area is 189 Å². The maximum atomic E-state index is 13.2. The van der Waals surface area contributed by atoms with E-state index in [0.29, 0.717) is 27.4 Å². The molecule has 1 N–H and O–H groups in total. The minimum absolute atomic E-state index is 0.153. The fourth-order valence-corrected chi connectivity index (χ4v) is 3.43. The lowest BCUT2D eigenvalue weighted by Crippen LogP contribution is -2.49. The van der Waals surface area contributed by atoms with E-state index in [4.69, 9.17) is 16.3 Å². The Hall–Kier alpha value is -2.12. The van der Waals surface area contributed by atoms with E-state index in [-0.39, 0.29) is 36.7 Å². The first-order valence-electron chi connectivity index (χ1n) is 9.57. The van der Waals surface area contributed by atoms with E-state index in [9.17, 15) is 14.0 Å². The van der Waals surface area contributed by atoms with Crippen molar-refractivity contribution < 1.29 is 18.7 Å². The standard InChI is InChI=1S/C22H25BrClFN2O3/c1-14(2)11-26-22(29)15(3)27(12-16-4-7-18(25)8-5-16)21(28)13-30-20-9-6-17(24)10-19(20)23/h4-10,14-15H,11-13H2,1-3H3,(H,26,29). The molecule has 2 aromatic carbocycles. The molecule has 2 aromatic rings. The molecule has 8 heteroatoms. The quantitative estimate of drug-likeness (QED) is 0.539. The number of carbonyl (C=O) groups excluding carboxylic acids is 2. The molecule has 0 fully saturated rings. The Balaban J connectivity index is 2.14. The predicted octanol–water partition coefficient (Wildman–Crippen LogP) is 4.81. The molecular weight excluding hydrogens is 475 g/mol. The van der Waals surface area contributed by atoms with Gasteiger partial charge in [-0.25, -0.2) is 4.39 Å². The Morgan fingerprint density at radius 1 is 1.17 bits per heavy atom. The van der Waals surface area contributed by atoms with Crippen LogP contribution < -0.4 is 10.1 Å². The molecule has 2 amide bonds. The van der Waals surface area contributed by atoms with Gasteiger partial charge in [-0.05, 0) is 64.7 Å². The van der Waals surface area contributed by atoms with Gasteiger partial charge in [0.25, 0.3) is 5.91 Å². The molecule has 162 valence electrons. The van der Waals surface area contributed by atoms with Gasteiger partial charge in [0.2, 0.25) is 5.91 Å². The van der Waals surface area contributed by atoms with Crippen molar-refractivity contribution in [2.45, 2.75) is 33.4 Å². The minimum Gasteiger partial charge on any atom is -0.483 e. The van der Waals surface area contributed by atoms with E-state index < -0.39 is 6.04 Å². The fourth-order valence-electron chi connectivity index (χ4n) is 2.64. The number of carbonyl (C=O) groups is 2. The molecule has 0 bridgehead atoms. The molecule has 1 unspecified atom stereocenters. The van der Waals surface area contributed by atoms with Crippen molar-refractivity contribution in [1.82, 2.24) is 10.2 Å². The average molecular weight is 500 g/mol. The molecule has 1 atom stereocenters. The number of nitrogens with zero attached hydrogens (tertiary/aromatic N) is 1. The third kappa shape index (κ3) is 7.29. The summed E-state index contributed by atoms with van der Waals surface area (Å²) in [5.74, 6) is -0.241. The molecule has 0 aliphatic carbocycles. The monoisotopic (exact) mass is 498 g/mol. The molecule has 0 saturated carbocycles. The zero-order valence-corrected chi connectivity index (χ0v) is 19.5. The lowest BCUT2D eigenvalue weighted by atomic mass is 10.1. The van der Waals surface area contributed by atoms with Gasteiger partial charge in [-0.3, -0.25) is 9.59 Å². The molecular formula is C22H25BrClFN2O3. The van der Waals surface area contributed by atoms with Crippen LogP contribution in [-0.4, -0.2) is 35.9 Å². The van der Waals surface area contributed by atoms with E-state index in [1.54, 1.807) is 37.3 Å². The highest BCUT2D eigenvalue weighted by Gasteiger charge is 2.26. The van der Waals surface area contributed by atoms with E-state index in [2.05, 4.69) is 21.2 Å². The van der Waals surface area contributed by atoms with Crippen LogP contribution in [0, 0.1) is 11.7 Å². The summed E-state index contributed by atoms with van der Waals surface area (Å²) in [7, 11) is 0. The van der Waals surface area contributed by atoms with Gasteiger partial charge in [-0.2, -0.15) is 0 Å². The summed E-state index contributed by atoms with van der Waals surface area (Å²) in [5.41, 5.74) is 0.709. The smallest absolute Gasteiger partial charge is 0.261 e. The van der Waals surface area contributed by atoms with Crippen molar-refractivity contribution in [3.8, 4) is 5.75 Å². The summed E-state index contributed by atoms with van der Waals surface area (Å²) in [4.78, 5) is 27.0. The highest BCUT2D eigenvalue weighted by Crippen LogP contribution is 2.28. The van der Waals surface area contributed by atoms with Crippen LogP contribution in [0.4, 0.5) is 4.39 Å². The number of hydrogen-bond donors (Lipinski definition) is 1. The summed E-state index contributed by atoms with van der Waals surface area (Å²) in [6, 6.07) is 10.1. The largest absolute Gasteiger partial charge is 0.483 e. The van der Waals surface area contributed by atoms with Crippen LogP contribution in [-0.2, 0) is 16.1 Å². The van der Waals surface area contributed by atoms with Gasteiger partial charge in [-0.1, -0.05) is 37.6 Å². The molecule has 30 heavy (non-hydrogen) atoms. The van der Waals surface area contributed by atoms with Gasteiger partial charge < -0.3 is 15.0 Å². The topological polar surface area (TPSA) is 58.6 Å². The Kier molecular flexibility index (Phi) is 9.11. The molecule has 0 aliphatic heterocycles. The van der Waals surface area contributed by atoms with E-state index in [1.165, 1.54) is 17.0 Å². The van der Waals surface area contributed by atoms with Crippen LogP contribution in [0.1, 0.15) is 26.3 Å². The molecule has 0 heterocycles. The van der Waals surface area contributed by atoms with Crippen molar-refractivity contribution in [2.24, 2.45) is 5.92 Å². The second-order valence-corrected chi connectivity index (χ2v) is 8.62. The lowest BCUT2D eigenvalue weighted by molar-refractivity contribution is -0.142. The number of hydrogen-bond acceptors (Lipinski definition) is 3. The Morgan fingerprint density at radius 3 is 2.43 bits per heavy atom. The van der Waals surface area contributed by atoms with E-state index >= 15 is 0 Å². The summed E-state index contributed by atoms with van der Waals surface area (Å²) in [6.07, 6.45) is 0. The summed E-state index contributed by atoms with van der Waals surface area (Å²) in [5, 5.41) is 3.38. The first kappa shape index (κ1) is 24.2. The number of halogens is 3. The third-order valence-corrected chi connectivity index (χ3v) is 5.22. The molecule has 0 aromatic heterocycles. The highest BCUT2D eigenvalue weighted by atomic mass is 79.9. The second-order valence-electron chi connectivity index (χ2n) is 7.33. The molecule has 5 nitrogen and oxygen atoms in total. The number of nitrogens with one attached hydrogen (secondary N) is 1. The predicted molar refractivity (Wildman–Crippen MR) is 119 cm³/mol. The van der Waals surface area contributed by atoms with Crippen molar-refractivity contribution >= 4 is 39.3 Å². The van der Waals surface area contributed by atoms with Crippen molar-refractivity contribution in [2.75, 3.05) is 13.2 Å². The van der Waals surface area contributed by atoms with Crippen LogP contribution >= 0.6 is 27.5 Å². The van der Waals surface area contributed by atoms with Gasteiger partial charge in [0.1, 0.15) is 17.6 Å². The van der Waals surface area contributed by atoms with E-state index in [1.807, 2.05) is 13.8 Å². The minimum atomic E-state index is -0.724. The van der Waals surface area contributed by atoms with Crippen molar-refractivity contribution in [3.63, 3.8) is 0 Å². The SMILES string of the molecule is CC(C)CNC(=O)C(C)N(Cc1ccc(F)cc1)C(=O)COc1ccc(Cl)cc1Br. The van der Waals surface area contributed by atoms with Crippen LogP contribution in [0.25, 0.3) is 0 Å². The number of benzene rings is 2. The van der Waals surface area contributed by atoms with Gasteiger partial charge in [0.15, 0.2) is 6.61 Å². The maximum Gasteiger partial charge on any atom is 0.261 e. The normalized spacial score (nSPS) is 11.8. The Bertz CT molecular complexity index is 877. The Morgan fingerprint density at radius 2 is 1.83 bits per heavy atom. The zero-order valence-electron chi connectivity index (χ0n) is 17.1. The molecule has 2 rings (SSSR count). The third-order valence-electron chi connectivity index (χ3n) is 4.36. The average Bonchev–Trinajstić information content (AvgIpc) is 2.70. The van der Waals surface area contributed by atoms with Gasteiger partial charge in [0, 0.05) is 18.1 Å². The van der Waals surface area contributed by atoms with Gasteiger partial charge in [-0.15, -0.1) is 0 Å². The number of rotatable bonds is 9. The number of amides is 2. The first-order chi connectivity index (χ1) is 14.2. The summed E-state index contributed by atoms with van der Waals surface area (Å²) < 4.78 is 19.5. The van der Waals surface area contributed by atoms with Gasteiger partial charge >= 0.3 is 0 Å². The van der Waals surface area contributed by atoms with Crippen LogP contribution in [0.5, 0.6) is 5.75 Å².